The van der Waals surface area contributed by atoms with E-state index in [2.05, 4.69) is 6.92 Å². The van der Waals surface area contributed by atoms with E-state index in [1.807, 2.05) is 0 Å². The molecule has 108 valence electrons. The molecule has 0 N–H and O–H groups in total. The maximum Gasteiger partial charge on any atom is 0.500 e. The normalized spacial score (nSPS) is 21.0. The number of hydrogen-bond donors (Lipinski definition) is 0. The summed E-state index contributed by atoms with van der Waals surface area (Å²) in [7, 11) is 2.55. The number of ether oxygens (including phenoxy) is 2. The van der Waals surface area contributed by atoms with Gasteiger partial charge in [0, 0.05) is 34.0 Å². The summed E-state index contributed by atoms with van der Waals surface area (Å²) in [5, 5.41) is 0. The average molecular weight is 278 g/mol. The standard InChI is InChI=1S/C12H26O5Si/c1-11(10-18(13-2,14-3)15-4)6-5-7-16-8-12-9-17-12/h11-12H,5-10H2,1-4H3. The summed E-state index contributed by atoms with van der Waals surface area (Å²) in [6, 6.07) is 0.849. The quantitative estimate of drug-likeness (QED) is 0.327. The van der Waals surface area contributed by atoms with Gasteiger partial charge < -0.3 is 22.8 Å². The highest BCUT2D eigenvalue weighted by atomic mass is 28.4. The average Bonchev–Trinajstić information content (AvgIpc) is 3.20. The van der Waals surface area contributed by atoms with E-state index in [1.54, 1.807) is 21.3 Å². The molecule has 0 aliphatic carbocycles. The fraction of sp³-hybridized carbons (Fsp3) is 1.00. The SMILES string of the molecule is CO[Si](CC(C)CCCOCC1CO1)(OC)OC. The van der Waals surface area contributed by atoms with Crippen LogP contribution >= 0.6 is 0 Å². The van der Waals surface area contributed by atoms with Crippen LogP contribution in [0.2, 0.25) is 6.04 Å². The molecule has 0 amide bonds. The van der Waals surface area contributed by atoms with Crippen molar-refractivity contribution in [1.82, 2.24) is 0 Å². The molecule has 0 aromatic rings. The zero-order valence-corrected chi connectivity index (χ0v) is 12.9. The van der Waals surface area contributed by atoms with Crippen molar-refractivity contribution in [3.05, 3.63) is 0 Å². The van der Waals surface area contributed by atoms with Crippen LogP contribution in [0, 0.1) is 5.92 Å². The Morgan fingerprint density at radius 1 is 1.22 bits per heavy atom. The first-order valence-electron chi connectivity index (χ1n) is 6.50. The molecule has 0 saturated carbocycles. The Kier molecular flexibility index (Phi) is 7.36. The van der Waals surface area contributed by atoms with Gasteiger partial charge in [0.05, 0.1) is 13.2 Å². The van der Waals surface area contributed by atoms with E-state index in [9.17, 15) is 0 Å². The maximum absolute atomic E-state index is 5.51. The van der Waals surface area contributed by atoms with Crippen LogP contribution < -0.4 is 0 Å². The molecule has 2 unspecified atom stereocenters. The van der Waals surface area contributed by atoms with Gasteiger partial charge in [0.25, 0.3) is 0 Å². The molecule has 1 aliphatic rings. The molecular formula is C12H26O5Si. The van der Waals surface area contributed by atoms with Gasteiger partial charge in [-0.3, -0.25) is 0 Å². The first kappa shape index (κ1) is 16.1. The van der Waals surface area contributed by atoms with Crippen molar-refractivity contribution in [2.24, 2.45) is 5.92 Å². The van der Waals surface area contributed by atoms with E-state index >= 15 is 0 Å². The minimum absolute atomic E-state index is 0.359. The first-order valence-corrected chi connectivity index (χ1v) is 8.43. The summed E-state index contributed by atoms with van der Waals surface area (Å²) in [5.41, 5.74) is 0. The van der Waals surface area contributed by atoms with Gasteiger partial charge >= 0.3 is 8.80 Å². The third-order valence-corrected chi connectivity index (χ3v) is 6.29. The van der Waals surface area contributed by atoms with E-state index in [-0.39, 0.29) is 0 Å². The van der Waals surface area contributed by atoms with Crippen molar-refractivity contribution in [2.75, 3.05) is 41.2 Å². The molecule has 1 aliphatic heterocycles. The third-order valence-electron chi connectivity index (χ3n) is 3.22. The Bertz CT molecular complexity index is 210. The highest BCUT2D eigenvalue weighted by molar-refractivity contribution is 6.60. The number of epoxide rings is 1. The molecule has 2 atom stereocenters. The lowest BCUT2D eigenvalue weighted by atomic mass is 10.1. The zero-order valence-electron chi connectivity index (χ0n) is 11.9. The van der Waals surface area contributed by atoms with Crippen LogP contribution in [-0.2, 0) is 22.8 Å². The topological polar surface area (TPSA) is 49.5 Å². The fourth-order valence-corrected chi connectivity index (χ4v) is 4.00. The number of rotatable bonds is 11. The number of hydrogen-bond acceptors (Lipinski definition) is 5. The predicted octanol–water partition coefficient (Wildman–Crippen LogP) is 1.70. The van der Waals surface area contributed by atoms with Crippen molar-refractivity contribution < 1.29 is 22.8 Å². The second-order valence-corrected chi connectivity index (χ2v) is 7.78. The Morgan fingerprint density at radius 2 is 1.83 bits per heavy atom. The van der Waals surface area contributed by atoms with Crippen molar-refractivity contribution in [1.29, 1.82) is 0 Å². The minimum atomic E-state index is -2.42. The molecule has 5 nitrogen and oxygen atoms in total. The molecule has 1 rings (SSSR count). The lowest BCUT2D eigenvalue weighted by molar-refractivity contribution is 0.105. The molecule has 1 heterocycles. The van der Waals surface area contributed by atoms with E-state index in [4.69, 9.17) is 22.8 Å². The molecule has 1 saturated heterocycles. The van der Waals surface area contributed by atoms with Crippen molar-refractivity contribution >= 4 is 8.80 Å². The van der Waals surface area contributed by atoms with Crippen LogP contribution in [0.3, 0.4) is 0 Å². The van der Waals surface area contributed by atoms with Gasteiger partial charge in [-0.25, -0.2) is 0 Å². The lowest BCUT2D eigenvalue weighted by Crippen LogP contribution is -2.44. The van der Waals surface area contributed by atoms with Crippen LogP contribution in [-0.4, -0.2) is 56.1 Å². The molecule has 0 spiro atoms. The van der Waals surface area contributed by atoms with Crippen molar-refractivity contribution in [3.63, 3.8) is 0 Å². The van der Waals surface area contributed by atoms with Gasteiger partial charge in [0.15, 0.2) is 0 Å². The highest BCUT2D eigenvalue weighted by Crippen LogP contribution is 2.22. The van der Waals surface area contributed by atoms with Gasteiger partial charge in [-0.05, 0) is 18.8 Å². The minimum Gasteiger partial charge on any atom is -0.379 e. The lowest BCUT2D eigenvalue weighted by Gasteiger charge is -2.27. The summed E-state index contributed by atoms with van der Waals surface area (Å²) < 4.78 is 26.8. The molecule has 0 radical (unpaired) electrons. The van der Waals surface area contributed by atoms with Crippen LogP contribution in [0.4, 0.5) is 0 Å². The third kappa shape index (κ3) is 5.77. The summed E-state index contributed by atoms with van der Waals surface area (Å²) in [5.74, 6) is 0.511. The maximum atomic E-state index is 5.51. The zero-order chi connectivity index (χ0) is 13.4. The van der Waals surface area contributed by atoms with Gasteiger partial charge in [-0.1, -0.05) is 6.92 Å². The molecule has 0 bridgehead atoms. The highest BCUT2D eigenvalue weighted by Gasteiger charge is 2.39. The molecule has 18 heavy (non-hydrogen) atoms. The molecule has 1 fully saturated rings. The summed E-state index contributed by atoms with van der Waals surface area (Å²) >= 11 is 0. The summed E-state index contributed by atoms with van der Waals surface area (Å²) in [4.78, 5) is 0. The van der Waals surface area contributed by atoms with Crippen LogP contribution in [0.25, 0.3) is 0 Å². The van der Waals surface area contributed by atoms with Gasteiger partial charge in [0.1, 0.15) is 6.10 Å². The van der Waals surface area contributed by atoms with E-state index < -0.39 is 8.80 Å². The summed E-state index contributed by atoms with van der Waals surface area (Å²) in [6.45, 7) is 4.59. The predicted molar refractivity (Wildman–Crippen MR) is 70.5 cm³/mol. The smallest absolute Gasteiger partial charge is 0.379 e. The first-order chi connectivity index (χ1) is 8.65. The fourth-order valence-electron chi connectivity index (χ4n) is 1.94. The van der Waals surface area contributed by atoms with Crippen LogP contribution in [0.5, 0.6) is 0 Å². The second-order valence-electron chi connectivity index (χ2n) is 4.78. The largest absolute Gasteiger partial charge is 0.500 e. The van der Waals surface area contributed by atoms with Crippen molar-refractivity contribution in [2.45, 2.75) is 31.9 Å². The van der Waals surface area contributed by atoms with Gasteiger partial charge in [-0.2, -0.15) is 0 Å². The van der Waals surface area contributed by atoms with Gasteiger partial charge in [0.2, 0.25) is 0 Å². The Hall–Kier alpha value is 0.0169. The molecule has 0 aromatic heterocycles. The van der Waals surface area contributed by atoms with E-state index in [1.165, 1.54) is 0 Å². The summed E-state index contributed by atoms with van der Waals surface area (Å²) in [6.07, 6.45) is 2.50. The van der Waals surface area contributed by atoms with E-state index in [0.717, 1.165) is 38.7 Å². The van der Waals surface area contributed by atoms with E-state index in [0.29, 0.717) is 12.0 Å². The monoisotopic (exact) mass is 278 g/mol. The second kappa shape index (κ2) is 8.24. The Labute approximate surface area is 111 Å². The van der Waals surface area contributed by atoms with Crippen LogP contribution in [0.15, 0.2) is 0 Å². The van der Waals surface area contributed by atoms with Crippen LogP contribution in [0.1, 0.15) is 19.8 Å². The Balaban J connectivity index is 2.08. The Morgan fingerprint density at radius 3 is 2.33 bits per heavy atom. The molecule has 0 aromatic carbocycles. The van der Waals surface area contributed by atoms with Crippen molar-refractivity contribution in [3.8, 4) is 0 Å². The van der Waals surface area contributed by atoms with Gasteiger partial charge in [-0.15, -0.1) is 0 Å². The molecular weight excluding hydrogens is 252 g/mol. The molecule has 6 heteroatoms.